The number of hydrogen-bond acceptors (Lipinski definition) is 12. The second kappa shape index (κ2) is 26.6. The number of likely N-dealkylation sites (tertiary alicyclic amines) is 2. The molecule has 14 nitrogen and oxygen atoms in total. The predicted octanol–water partition coefficient (Wildman–Crippen LogP) is 14.0. The zero-order valence-electron chi connectivity index (χ0n) is 45.8. The number of nitriles is 2. The maximum absolute atomic E-state index is 12.6. The standard InChI is InChI=1S/C66H56Cl4N6O8/c1-39-45(37-83-63-21-61(81-35-43-17-41(23-71)25-73-27-43)47(19-59(63)69)29-75-31-53(55(33-75)65(77)78)51-11-3-5-15-57(51)67)9-7-13-49(39)50-14-8-10-46(40(50)2)38-84-64-22-62(82-36-44-18-42(24-72)26-74-28-44)48(20-60(64)70)30-76-32-54(56(34-76)66(79)80)52-12-4-6-16-58(52)68/h3-22,25-28,53-56H,29-38H2,1-2H3,(H,77,78)(H,79,80). The second-order valence-electron chi connectivity index (χ2n) is 21.0. The molecule has 8 aromatic rings. The minimum atomic E-state index is -0.901. The Kier molecular flexibility index (Phi) is 18.7. The van der Waals surface area contributed by atoms with Crippen molar-refractivity contribution in [3.05, 3.63) is 233 Å². The SMILES string of the molecule is Cc1c(COc2cc(OCc3cncc(C#N)c3)c(CN3CC(C(=O)O)C(c4ccccc4Cl)C3)cc2Cl)cccc1-c1cccc(COc2cc(OCc3cncc(C#N)c3)c(CN3CC(C(=O)O)C(c4ccccc4Cl)C3)cc2Cl)c1C. The number of aromatic nitrogens is 2. The zero-order valence-corrected chi connectivity index (χ0v) is 48.8. The van der Waals surface area contributed by atoms with Crippen LogP contribution in [0, 0.1) is 48.3 Å². The van der Waals surface area contributed by atoms with Crippen LogP contribution in [-0.4, -0.2) is 68.1 Å². The Morgan fingerprint density at radius 1 is 0.500 bits per heavy atom. The van der Waals surface area contributed by atoms with Gasteiger partial charge >= 0.3 is 11.9 Å². The van der Waals surface area contributed by atoms with Crippen molar-refractivity contribution in [1.82, 2.24) is 19.8 Å². The number of carboxylic acid groups (broad SMARTS) is 2. The fourth-order valence-corrected chi connectivity index (χ4v) is 12.3. The molecule has 4 heterocycles. The van der Waals surface area contributed by atoms with E-state index in [-0.39, 0.29) is 51.4 Å². The summed E-state index contributed by atoms with van der Waals surface area (Å²) in [6.45, 7) is 6.74. The van der Waals surface area contributed by atoms with Crippen LogP contribution in [0.3, 0.4) is 0 Å². The fraction of sp³-hybridized carbons (Fsp3) is 0.242. The van der Waals surface area contributed by atoms with Crippen molar-refractivity contribution in [3.8, 4) is 46.3 Å². The summed E-state index contributed by atoms with van der Waals surface area (Å²) >= 11 is 27.3. The molecule has 2 N–H and O–H groups in total. The maximum Gasteiger partial charge on any atom is 0.308 e. The highest BCUT2D eigenvalue weighted by Gasteiger charge is 2.41. The molecule has 0 spiro atoms. The number of rotatable bonds is 21. The summed E-state index contributed by atoms with van der Waals surface area (Å²) in [4.78, 5) is 37.7. The Hall–Kier alpha value is -8.18. The lowest BCUT2D eigenvalue weighted by atomic mass is 9.89. The summed E-state index contributed by atoms with van der Waals surface area (Å²) in [5, 5.41) is 41.4. The summed E-state index contributed by atoms with van der Waals surface area (Å²) in [6, 6.07) is 41.6. The minimum absolute atomic E-state index is 0.0953. The average molecular weight is 1200 g/mol. The van der Waals surface area contributed by atoms with Gasteiger partial charge in [0.05, 0.1) is 33.0 Å². The lowest BCUT2D eigenvalue weighted by Crippen LogP contribution is -2.23. The van der Waals surface area contributed by atoms with Crippen molar-refractivity contribution < 1.29 is 38.7 Å². The molecule has 0 saturated carbocycles. The third kappa shape index (κ3) is 13.6. The highest BCUT2D eigenvalue weighted by Crippen LogP contribution is 2.43. The summed E-state index contributed by atoms with van der Waals surface area (Å²) in [7, 11) is 0. The molecule has 2 aliphatic heterocycles. The first-order valence-electron chi connectivity index (χ1n) is 27.0. The van der Waals surface area contributed by atoms with Crippen molar-refractivity contribution >= 4 is 58.3 Å². The van der Waals surface area contributed by atoms with Crippen LogP contribution in [0.5, 0.6) is 23.0 Å². The van der Waals surface area contributed by atoms with Crippen molar-refractivity contribution in [2.45, 2.75) is 65.2 Å². The average Bonchev–Trinajstić information content (AvgIpc) is 4.02. The van der Waals surface area contributed by atoms with Crippen LogP contribution in [-0.2, 0) is 49.1 Å². The number of carboxylic acids is 2. The molecule has 426 valence electrons. The van der Waals surface area contributed by atoms with E-state index in [1.165, 1.54) is 12.4 Å². The van der Waals surface area contributed by atoms with E-state index in [1.807, 2.05) is 74.5 Å². The highest BCUT2D eigenvalue weighted by atomic mass is 35.5. The molecule has 4 unspecified atom stereocenters. The number of halogens is 4. The third-order valence-electron chi connectivity index (χ3n) is 15.6. The molecule has 2 saturated heterocycles. The van der Waals surface area contributed by atoms with E-state index in [0.29, 0.717) is 91.5 Å². The largest absolute Gasteiger partial charge is 0.488 e. The van der Waals surface area contributed by atoms with Gasteiger partial charge in [0.25, 0.3) is 0 Å². The molecule has 10 rings (SSSR count). The molecule has 0 bridgehead atoms. The van der Waals surface area contributed by atoms with Gasteiger partial charge in [-0.15, -0.1) is 0 Å². The van der Waals surface area contributed by atoms with E-state index in [0.717, 1.165) is 55.6 Å². The summed E-state index contributed by atoms with van der Waals surface area (Å²) < 4.78 is 26.0. The summed E-state index contributed by atoms with van der Waals surface area (Å²) in [5.41, 5.74) is 11.0. The van der Waals surface area contributed by atoms with E-state index < -0.39 is 23.8 Å². The third-order valence-corrected chi connectivity index (χ3v) is 16.9. The van der Waals surface area contributed by atoms with E-state index in [9.17, 15) is 30.3 Å². The normalized spacial score (nSPS) is 16.9. The molecule has 2 aliphatic rings. The molecule has 2 fully saturated rings. The second-order valence-corrected chi connectivity index (χ2v) is 22.7. The Morgan fingerprint density at radius 2 is 0.905 bits per heavy atom. The first-order valence-corrected chi connectivity index (χ1v) is 28.6. The van der Waals surface area contributed by atoms with E-state index in [4.69, 9.17) is 65.4 Å². The zero-order chi connectivity index (χ0) is 59.0. The molecule has 0 aliphatic carbocycles. The fourth-order valence-electron chi connectivity index (χ4n) is 11.2. The lowest BCUT2D eigenvalue weighted by molar-refractivity contribution is -0.142. The highest BCUT2D eigenvalue weighted by molar-refractivity contribution is 6.33. The van der Waals surface area contributed by atoms with Gasteiger partial charge in [-0.1, -0.05) is 119 Å². The first-order chi connectivity index (χ1) is 40.6. The number of pyridine rings is 2. The van der Waals surface area contributed by atoms with Crippen LogP contribution in [0.15, 0.2) is 146 Å². The Balaban J connectivity index is 0.867. The lowest BCUT2D eigenvalue weighted by Gasteiger charge is -2.21. The minimum Gasteiger partial charge on any atom is -0.488 e. The molecule has 6 aromatic carbocycles. The molecular formula is C66H56Cl4N6O8. The number of nitrogens with zero attached hydrogens (tertiary/aromatic N) is 6. The predicted molar refractivity (Wildman–Crippen MR) is 321 cm³/mol. The van der Waals surface area contributed by atoms with Crippen molar-refractivity contribution in [3.63, 3.8) is 0 Å². The maximum atomic E-state index is 12.6. The van der Waals surface area contributed by atoms with Gasteiger partial charge in [-0.05, 0) is 94.8 Å². The van der Waals surface area contributed by atoms with Crippen LogP contribution >= 0.6 is 46.4 Å². The van der Waals surface area contributed by atoms with Crippen molar-refractivity contribution in [2.75, 3.05) is 26.2 Å². The Morgan fingerprint density at radius 3 is 1.30 bits per heavy atom. The molecule has 84 heavy (non-hydrogen) atoms. The van der Waals surface area contributed by atoms with Gasteiger partial charge in [0.2, 0.25) is 0 Å². The van der Waals surface area contributed by atoms with Crippen LogP contribution in [0.2, 0.25) is 20.1 Å². The molecule has 4 atom stereocenters. The van der Waals surface area contributed by atoms with E-state index in [2.05, 4.69) is 44.0 Å². The first kappa shape index (κ1) is 59.0. The van der Waals surface area contributed by atoms with Crippen molar-refractivity contribution in [1.29, 1.82) is 10.5 Å². The van der Waals surface area contributed by atoms with Crippen LogP contribution in [0.1, 0.15) is 78.6 Å². The Labute approximate surface area is 506 Å². The number of carbonyl (C=O) groups is 2. The van der Waals surface area contributed by atoms with Gasteiger partial charge < -0.3 is 29.2 Å². The van der Waals surface area contributed by atoms with Crippen LogP contribution in [0.4, 0.5) is 0 Å². The van der Waals surface area contributed by atoms with Gasteiger partial charge in [0.1, 0.15) is 61.6 Å². The van der Waals surface area contributed by atoms with Gasteiger partial charge in [0.15, 0.2) is 0 Å². The van der Waals surface area contributed by atoms with Crippen molar-refractivity contribution in [2.24, 2.45) is 11.8 Å². The number of hydrogen-bond donors (Lipinski definition) is 2. The van der Waals surface area contributed by atoms with Gasteiger partial charge in [0, 0.05) is 120 Å². The van der Waals surface area contributed by atoms with Gasteiger partial charge in [-0.2, -0.15) is 10.5 Å². The number of ether oxygens (including phenoxy) is 4. The smallest absolute Gasteiger partial charge is 0.308 e. The summed E-state index contributed by atoms with van der Waals surface area (Å²) in [5.74, 6) is -2.11. The number of aliphatic carboxylic acids is 2. The monoisotopic (exact) mass is 1200 g/mol. The van der Waals surface area contributed by atoms with Gasteiger partial charge in [-0.3, -0.25) is 29.4 Å². The molecule has 2 aromatic heterocycles. The quantitative estimate of drug-likeness (QED) is 0.0690. The van der Waals surface area contributed by atoms with E-state index >= 15 is 0 Å². The van der Waals surface area contributed by atoms with Crippen LogP contribution in [0.25, 0.3) is 11.1 Å². The van der Waals surface area contributed by atoms with E-state index in [1.54, 1.807) is 60.9 Å². The number of benzene rings is 6. The molecular weight excluding hydrogens is 1150 g/mol. The Bertz CT molecular complexity index is 3620. The summed E-state index contributed by atoms with van der Waals surface area (Å²) in [6.07, 6.45) is 6.24. The molecule has 18 heteroatoms. The molecule has 0 amide bonds. The van der Waals surface area contributed by atoms with Crippen LogP contribution < -0.4 is 18.9 Å². The molecule has 0 radical (unpaired) electrons. The topological polar surface area (TPSA) is 191 Å². The van der Waals surface area contributed by atoms with Gasteiger partial charge in [-0.25, -0.2) is 0 Å².